The van der Waals surface area contributed by atoms with Gasteiger partial charge in [-0.05, 0) is 63.4 Å². The number of hydrogen-bond donors (Lipinski definition) is 1. The van der Waals surface area contributed by atoms with Crippen molar-refractivity contribution < 1.29 is 4.74 Å². The van der Waals surface area contributed by atoms with E-state index >= 15 is 0 Å². The Bertz CT molecular complexity index is 396. The van der Waals surface area contributed by atoms with Gasteiger partial charge in [0, 0.05) is 11.1 Å². The second-order valence-corrected chi connectivity index (χ2v) is 5.58. The molecule has 1 aromatic carbocycles. The van der Waals surface area contributed by atoms with Gasteiger partial charge in [-0.1, -0.05) is 18.0 Å². The third-order valence-electron chi connectivity index (χ3n) is 3.77. The Balaban J connectivity index is 2.13. The Morgan fingerprint density at radius 2 is 1.78 bits per heavy atom. The monoisotopic (exact) mass is 267 g/mol. The van der Waals surface area contributed by atoms with E-state index in [1.54, 1.807) is 0 Å². The first-order valence-corrected chi connectivity index (χ1v) is 7.10. The van der Waals surface area contributed by atoms with Gasteiger partial charge in [-0.3, -0.25) is 0 Å². The van der Waals surface area contributed by atoms with E-state index in [0.717, 1.165) is 28.3 Å². The van der Waals surface area contributed by atoms with E-state index in [-0.39, 0.29) is 6.10 Å². The molecular weight excluding hydrogens is 246 g/mol. The topological polar surface area (TPSA) is 21.3 Å². The molecule has 0 radical (unpaired) electrons. The molecule has 0 aromatic heterocycles. The second kappa shape index (κ2) is 5.94. The number of aryl methyl sites for hydroxylation is 2. The van der Waals surface area contributed by atoms with Crippen molar-refractivity contribution in [2.75, 3.05) is 7.05 Å². The van der Waals surface area contributed by atoms with Gasteiger partial charge in [0.1, 0.15) is 11.9 Å². The summed E-state index contributed by atoms with van der Waals surface area (Å²) in [6.45, 7) is 4.05. The Morgan fingerprint density at radius 1 is 1.17 bits per heavy atom. The number of hydrogen-bond acceptors (Lipinski definition) is 2. The first-order valence-electron chi connectivity index (χ1n) is 6.72. The van der Waals surface area contributed by atoms with Gasteiger partial charge >= 0.3 is 0 Å². The van der Waals surface area contributed by atoms with Crippen LogP contribution in [0.1, 0.15) is 36.8 Å². The van der Waals surface area contributed by atoms with Gasteiger partial charge < -0.3 is 10.1 Å². The second-order valence-electron chi connectivity index (χ2n) is 5.21. The molecule has 0 spiro atoms. The molecule has 18 heavy (non-hydrogen) atoms. The molecule has 2 unspecified atom stereocenters. The third-order valence-corrected chi connectivity index (χ3v) is 4.37. The number of rotatable bonds is 3. The molecular formula is C15H22ClNO. The van der Waals surface area contributed by atoms with Crippen LogP contribution in [0.4, 0.5) is 0 Å². The van der Waals surface area contributed by atoms with Gasteiger partial charge in [0.25, 0.3) is 0 Å². The number of benzene rings is 1. The van der Waals surface area contributed by atoms with Crippen LogP contribution >= 0.6 is 11.6 Å². The maximum Gasteiger partial charge on any atom is 0.120 e. The summed E-state index contributed by atoms with van der Waals surface area (Å²) in [7, 11) is 2.02. The minimum Gasteiger partial charge on any atom is -0.489 e. The van der Waals surface area contributed by atoms with Crippen LogP contribution in [0.5, 0.6) is 5.75 Å². The SMILES string of the molecule is CNC1CCCCC1Oc1cc(C)c(Cl)c(C)c1. The van der Waals surface area contributed by atoms with E-state index in [2.05, 4.69) is 5.32 Å². The molecule has 0 aliphatic heterocycles. The minimum absolute atomic E-state index is 0.281. The predicted octanol–water partition coefficient (Wildman–Crippen LogP) is 3.87. The third kappa shape index (κ3) is 2.99. The Morgan fingerprint density at radius 3 is 2.39 bits per heavy atom. The highest BCUT2D eigenvalue weighted by Crippen LogP contribution is 2.29. The molecule has 1 saturated carbocycles. The van der Waals surface area contributed by atoms with Crippen LogP contribution in [-0.4, -0.2) is 19.2 Å². The van der Waals surface area contributed by atoms with Gasteiger partial charge in [0.05, 0.1) is 0 Å². The van der Waals surface area contributed by atoms with Crippen LogP contribution in [-0.2, 0) is 0 Å². The standard InChI is InChI=1S/C15H22ClNO/c1-10-8-12(9-11(2)15(10)16)18-14-7-5-4-6-13(14)17-3/h8-9,13-14,17H,4-7H2,1-3H3. The molecule has 0 heterocycles. The summed E-state index contributed by atoms with van der Waals surface area (Å²) in [5.41, 5.74) is 2.17. The molecule has 2 atom stereocenters. The zero-order valence-corrected chi connectivity index (χ0v) is 12.2. The van der Waals surface area contributed by atoms with Crippen molar-refractivity contribution in [2.24, 2.45) is 0 Å². The molecule has 2 rings (SSSR count). The summed E-state index contributed by atoms with van der Waals surface area (Å²) in [5.74, 6) is 0.946. The normalized spacial score (nSPS) is 24.0. The fourth-order valence-corrected chi connectivity index (χ4v) is 2.83. The first kappa shape index (κ1) is 13.7. The molecule has 1 aliphatic rings. The number of likely N-dealkylation sites (N-methyl/N-ethyl adjacent to an activating group) is 1. The highest BCUT2D eigenvalue weighted by atomic mass is 35.5. The van der Waals surface area contributed by atoms with E-state index in [0.29, 0.717) is 6.04 Å². The van der Waals surface area contributed by atoms with Crippen molar-refractivity contribution in [2.45, 2.75) is 51.7 Å². The molecule has 3 heteroatoms. The largest absolute Gasteiger partial charge is 0.489 e. The maximum absolute atomic E-state index is 6.18. The molecule has 1 fully saturated rings. The van der Waals surface area contributed by atoms with Crippen LogP contribution in [0, 0.1) is 13.8 Å². The number of halogens is 1. The van der Waals surface area contributed by atoms with Gasteiger partial charge in [-0.15, -0.1) is 0 Å². The van der Waals surface area contributed by atoms with Crippen molar-refractivity contribution in [1.82, 2.24) is 5.32 Å². The molecule has 1 aromatic rings. The fraction of sp³-hybridized carbons (Fsp3) is 0.600. The van der Waals surface area contributed by atoms with Gasteiger partial charge in [-0.25, -0.2) is 0 Å². The van der Waals surface area contributed by atoms with Crippen LogP contribution in [0.15, 0.2) is 12.1 Å². The molecule has 0 bridgehead atoms. The first-order chi connectivity index (χ1) is 8.61. The average molecular weight is 268 g/mol. The summed E-state index contributed by atoms with van der Waals surface area (Å²) < 4.78 is 6.15. The minimum atomic E-state index is 0.281. The molecule has 100 valence electrons. The van der Waals surface area contributed by atoms with Gasteiger partial charge in [0.15, 0.2) is 0 Å². The lowest BCUT2D eigenvalue weighted by Gasteiger charge is -2.31. The summed E-state index contributed by atoms with van der Waals surface area (Å²) in [4.78, 5) is 0. The van der Waals surface area contributed by atoms with Crippen molar-refractivity contribution in [1.29, 1.82) is 0 Å². The van der Waals surface area contributed by atoms with Crippen molar-refractivity contribution in [3.05, 3.63) is 28.3 Å². The lowest BCUT2D eigenvalue weighted by atomic mass is 9.92. The Kier molecular flexibility index (Phi) is 4.52. The maximum atomic E-state index is 6.18. The van der Waals surface area contributed by atoms with E-state index in [9.17, 15) is 0 Å². The van der Waals surface area contributed by atoms with Gasteiger partial charge in [0.2, 0.25) is 0 Å². The molecule has 0 amide bonds. The Hall–Kier alpha value is -0.730. The van der Waals surface area contributed by atoms with Crippen LogP contribution in [0.2, 0.25) is 5.02 Å². The number of ether oxygens (including phenoxy) is 1. The summed E-state index contributed by atoms with van der Waals surface area (Å²) in [6, 6.07) is 4.54. The summed E-state index contributed by atoms with van der Waals surface area (Å²) in [5, 5.41) is 4.21. The lowest BCUT2D eigenvalue weighted by molar-refractivity contribution is 0.118. The van der Waals surface area contributed by atoms with Crippen LogP contribution in [0.25, 0.3) is 0 Å². The Labute approximate surface area is 115 Å². The zero-order chi connectivity index (χ0) is 13.1. The smallest absolute Gasteiger partial charge is 0.120 e. The highest BCUT2D eigenvalue weighted by Gasteiger charge is 2.25. The fourth-order valence-electron chi connectivity index (χ4n) is 2.72. The van der Waals surface area contributed by atoms with Crippen molar-refractivity contribution in [3.8, 4) is 5.75 Å². The molecule has 0 saturated heterocycles. The van der Waals surface area contributed by atoms with Crippen LogP contribution in [0.3, 0.4) is 0 Å². The zero-order valence-electron chi connectivity index (χ0n) is 11.4. The lowest BCUT2D eigenvalue weighted by Crippen LogP contribution is -2.43. The predicted molar refractivity (Wildman–Crippen MR) is 76.7 cm³/mol. The van der Waals surface area contributed by atoms with E-state index < -0.39 is 0 Å². The highest BCUT2D eigenvalue weighted by molar-refractivity contribution is 6.32. The number of nitrogens with one attached hydrogen (secondary N) is 1. The van der Waals surface area contributed by atoms with Crippen LogP contribution < -0.4 is 10.1 Å². The van der Waals surface area contributed by atoms with Gasteiger partial charge in [-0.2, -0.15) is 0 Å². The average Bonchev–Trinajstić information content (AvgIpc) is 2.36. The van der Waals surface area contributed by atoms with Crippen molar-refractivity contribution >= 4 is 11.6 Å². The molecule has 2 nitrogen and oxygen atoms in total. The van der Waals surface area contributed by atoms with Crippen molar-refractivity contribution in [3.63, 3.8) is 0 Å². The van der Waals surface area contributed by atoms with E-state index in [1.807, 2.05) is 33.0 Å². The van der Waals surface area contributed by atoms with E-state index in [4.69, 9.17) is 16.3 Å². The summed E-state index contributed by atoms with van der Waals surface area (Å²) in [6.07, 6.45) is 5.17. The quantitative estimate of drug-likeness (QED) is 0.898. The molecule has 1 N–H and O–H groups in total. The summed E-state index contributed by atoms with van der Waals surface area (Å²) >= 11 is 6.18. The molecule has 1 aliphatic carbocycles. The van der Waals surface area contributed by atoms with E-state index in [1.165, 1.54) is 19.3 Å².